The SMILES string of the molecule is Cc1c(N)cccc1NC(=O)Cn1ncc2ccccc21. The standard InChI is InChI=1S/C16H16N4O/c1-11-13(17)6-4-7-14(11)19-16(21)10-20-15-8-3-2-5-12(15)9-18-20/h2-9H,10,17H2,1H3,(H,19,21). The van der Waals surface area contributed by atoms with Gasteiger partial charge in [-0.05, 0) is 30.7 Å². The Bertz CT molecular complexity index is 807. The van der Waals surface area contributed by atoms with Gasteiger partial charge in [-0.25, -0.2) is 0 Å². The summed E-state index contributed by atoms with van der Waals surface area (Å²) in [5.74, 6) is -0.127. The van der Waals surface area contributed by atoms with Gasteiger partial charge >= 0.3 is 0 Å². The highest BCUT2D eigenvalue weighted by atomic mass is 16.2. The van der Waals surface area contributed by atoms with Crippen molar-refractivity contribution < 1.29 is 4.79 Å². The van der Waals surface area contributed by atoms with Crippen molar-refractivity contribution in [1.82, 2.24) is 9.78 Å². The molecule has 5 heteroatoms. The lowest BCUT2D eigenvalue weighted by atomic mass is 10.1. The van der Waals surface area contributed by atoms with Gasteiger partial charge in [-0.2, -0.15) is 5.10 Å². The second kappa shape index (κ2) is 5.28. The predicted octanol–water partition coefficient (Wildman–Crippen LogP) is 2.57. The van der Waals surface area contributed by atoms with Crippen LogP contribution in [-0.2, 0) is 11.3 Å². The Morgan fingerprint density at radius 1 is 1.24 bits per heavy atom. The third-order valence-corrected chi connectivity index (χ3v) is 3.49. The molecule has 2 aromatic carbocycles. The summed E-state index contributed by atoms with van der Waals surface area (Å²) in [6.07, 6.45) is 1.76. The van der Waals surface area contributed by atoms with Gasteiger partial charge in [0.05, 0.1) is 11.7 Å². The van der Waals surface area contributed by atoms with Crippen molar-refractivity contribution in [2.75, 3.05) is 11.1 Å². The van der Waals surface area contributed by atoms with Crippen molar-refractivity contribution in [2.45, 2.75) is 13.5 Å². The number of nitrogens with zero attached hydrogens (tertiary/aromatic N) is 2. The molecule has 0 saturated heterocycles. The Labute approximate surface area is 122 Å². The number of nitrogen functional groups attached to an aromatic ring is 1. The van der Waals surface area contributed by atoms with E-state index in [0.29, 0.717) is 5.69 Å². The second-order valence-electron chi connectivity index (χ2n) is 4.93. The molecule has 0 saturated carbocycles. The smallest absolute Gasteiger partial charge is 0.246 e. The summed E-state index contributed by atoms with van der Waals surface area (Å²) in [5.41, 5.74) is 9.05. The van der Waals surface area contributed by atoms with Gasteiger partial charge in [0, 0.05) is 16.8 Å². The number of nitrogens with one attached hydrogen (secondary N) is 1. The van der Waals surface area contributed by atoms with Crippen molar-refractivity contribution in [3.63, 3.8) is 0 Å². The molecule has 1 heterocycles. The number of hydrogen-bond donors (Lipinski definition) is 2. The quantitative estimate of drug-likeness (QED) is 0.724. The Balaban J connectivity index is 1.79. The first-order chi connectivity index (χ1) is 10.1. The molecule has 0 fully saturated rings. The zero-order chi connectivity index (χ0) is 14.8. The summed E-state index contributed by atoms with van der Waals surface area (Å²) >= 11 is 0. The fourth-order valence-electron chi connectivity index (χ4n) is 2.27. The number of rotatable bonds is 3. The highest BCUT2D eigenvalue weighted by Gasteiger charge is 2.09. The maximum atomic E-state index is 12.2. The van der Waals surface area contributed by atoms with E-state index in [0.717, 1.165) is 22.2 Å². The lowest BCUT2D eigenvalue weighted by Crippen LogP contribution is -2.20. The van der Waals surface area contributed by atoms with Gasteiger partial charge in [0.2, 0.25) is 5.91 Å². The van der Waals surface area contributed by atoms with Crippen LogP contribution >= 0.6 is 0 Å². The average Bonchev–Trinajstić information content (AvgIpc) is 2.87. The lowest BCUT2D eigenvalue weighted by molar-refractivity contribution is -0.116. The van der Waals surface area contributed by atoms with Crippen LogP contribution in [0.15, 0.2) is 48.7 Å². The summed E-state index contributed by atoms with van der Waals surface area (Å²) < 4.78 is 1.69. The van der Waals surface area contributed by atoms with E-state index < -0.39 is 0 Å². The topological polar surface area (TPSA) is 72.9 Å². The van der Waals surface area contributed by atoms with Crippen LogP contribution in [0.4, 0.5) is 11.4 Å². The summed E-state index contributed by atoms with van der Waals surface area (Å²) in [6, 6.07) is 13.3. The predicted molar refractivity (Wildman–Crippen MR) is 84.0 cm³/mol. The molecule has 0 spiro atoms. The molecule has 0 aliphatic rings. The molecular formula is C16H16N4O. The number of fused-ring (bicyclic) bond motifs is 1. The Morgan fingerprint density at radius 2 is 2.05 bits per heavy atom. The van der Waals surface area contributed by atoms with E-state index in [1.165, 1.54) is 0 Å². The molecule has 5 nitrogen and oxygen atoms in total. The molecule has 3 aromatic rings. The fourth-order valence-corrected chi connectivity index (χ4v) is 2.27. The zero-order valence-electron chi connectivity index (χ0n) is 11.7. The first-order valence-electron chi connectivity index (χ1n) is 6.70. The van der Waals surface area contributed by atoms with Crippen molar-refractivity contribution in [1.29, 1.82) is 0 Å². The number of carbonyl (C=O) groups is 1. The summed E-state index contributed by atoms with van der Waals surface area (Å²) in [6.45, 7) is 2.05. The van der Waals surface area contributed by atoms with Crippen LogP contribution in [0.1, 0.15) is 5.56 Å². The molecular weight excluding hydrogens is 264 g/mol. The molecule has 1 amide bonds. The van der Waals surface area contributed by atoms with Crippen molar-refractivity contribution in [2.24, 2.45) is 0 Å². The van der Waals surface area contributed by atoms with Crippen LogP contribution in [0, 0.1) is 6.92 Å². The number of nitrogens with two attached hydrogens (primary N) is 1. The highest BCUT2D eigenvalue weighted by molar-refractivity contribution is 5.93. The number of benzene rings is 2. The summed E-state index contributed by atoms with van der Waals surface area (Å²) in [4.78, 5) is 12.2. The van der Waals surface area contributed by atoms with Gasteiger partial charge in [-0.15, -0.1) is 0 Å². The summed E-state index contributed by atoms with van der Waals surface area (Å²) in [7, 11) is 0. The van der Waals surface area contributed by atoms with Crippen molar-refractivity contribution in [3.05, 3.63) is 54.2 Å². The maximum absolute atomic E-state index is 12.2. The Hall–Kier alpha value is -2.82. The maximum Gasteiger partial charge on any atom is 0.246 e. The number of hydrogen-bond acceptors (Lipinski definition) is 3. The highest BCUT2D eigenvalue weighted by Crippen LogP contribution is 2.20. The molecule has 21 heavy (non-hydrogen) atoms. The lowest BCUT2D eigenvalue weighted by Gasteiger charge is -2.10. The number of para-hydroxylation sites is 1. The molecule has 1 aromatic heterocycles. The minimum absolute atomic E-state index is 0.127. The van der Waals surface area contributed by atoms with Gasteiger partial charge < -0.3 is 11.1 Å². The zero-order valence-corrected chi connectivity index (χ0v) is 11.7. The molecule has 3 rings (SSSR count). The molecule has 0 bridgehead atoms. The van der Waals surface area contributed by atoms with E-state index in [-0.39, 0.29) is 12.5 Å². The normalized spacial score (nSPS) is 10.7. The third kappa shape index (κ3) is 2.58. The van der Waals surface area contributed by atoms with E-state index in [1.807, 2.05) is 49.4 Å². The van der Waals surface area contributed by atoms with E-state index in [4.69, 9.17) is 5.73 Å². The molecule has 3 N–H and O–H groups in total. The second-order valence-corrected chi connectivity index (χ2v) is 4.93. The van der Waals surface area contributed by atoms with Crippen LogP contribution in [-0.4, -0.2) is 15.7 Å². The van der Waals surface area contributed by atoms with E-state index in [2.05, 4.69) is 10.4 Å². The van der Waals surface area contributed by atoms with Gasteiger partial charge in [0.25, 0.3) is 0 Å². The van der Waals surface area contributed by atoms with Gasteiger partial charge in [0.15, 0.2) is 0 Å². The van der Waals surface area contributed by atoms with Crippen molar-refractivity contribution >= 4 is 28.2 Å². The molecule has 0 aliphatic heterocycles. The van der Waals surface area contributed by atoms with Crippen LogP contribution in [0.5, 0.6) is 0 Å². The molecule has 0 unspecified atom stereocenters. The van der Waals surface area contributed by atoms with E-state index in [1.54, 1.807) is 10.9 Å². The first-order valence-corrected chi connectivity index (χ1v) is 6.70. The van der Waals surface area contributed by atoms with Crippen LogP contribution in [0.2, 0.25) is 0 Å². The van der Waals surface area contributed by atoms with Gasteiger partial charge in [-0.1, -0.05) is 24.3 Å². The number of aromatic nitrogens is 2. The third-order valence-electron chi connectivity index (χ3n) is 3.49. The number of carbonyl (C=O) groups excluding carboxylic acids is 1. The average molecular weight is 280 g/mol. The minimum atomic E-state index is -0.127. The number of amides is 1. The van der Waals surface area contributed by atoms with Crippen molar-refractivity contribution in [3.8, 4) is 0 Å². The fraction of sp³-hybridized carbons (Fsp3) is 0.125. The van der Waals surface area contributed by atoms with E-state index in [9.17, 15) is 4.79 Å². The van der Waals surface area contributed by atoms with Gasteiger partial charge in [-0.3, -0.25) is 9.48 Å². The minimum Gasteiger partial charge on any atom is -0.398 e. The monoisotopic (exact) mass is 280 g/mol. The van der Waals surface area contributed by atoms with Crippen LogP contribution in [0.3, 0.4) is 0 Å². The number of anilines is 2. The van der Waals surface area contributed by atoms with Gasteiger partial charge in [0.1, 0.15) is 6.54 Å². The van der Waals surface area contributed by atoms with Crippen LogP contribution < -0.4 is 11.1 Å². The Kier molecular flexibility index (Phi) is 3.31. The van der Waals surface area contributed by atoms with E-state index >= 15 is 0 Å². The summed E-state index contributed by atoms with van der Waals surface area (Å²) in [5, 5.41) is 8.14. The molecule has 0 aliphatic carbocycles. The molecule has 0 radical (unpaired) electrons. The molecule has 0 atom stereocenters. The first kappa shape index (κ1) is 13.2. The largest absolute Gasteiger partial charge is 0.398 e. The van der Waals surface area contributed by atoms with Crippen LogP contribution in [0.25, 0.3) is 10.9 Å². The Morgan fingerprint density at radius 3 is 2.90 bits per heavy atom. The molecule has 106 valence electrons.